The van der Waals surface area contributed by atoms with E-state index in [1.54, 1.807) is 6.07 Å². The molecule has 1 heterocycles. The molecule has 1 amide bonds. The summed E-state index contributed by atoms with van der Waals surface area (Å²) in [5.41, 5.74) is 2.89. The summed E-state index contributed by atoms with van der Waals surface area (Å²) in [5.74, 6) is -0.0595. The van der Waals surface area contributed by atoms with Crippen molar-refractivity contribution in [3.8, 4) is 6.07 Å². The third kappa shape index (κ3) is 4.82. The first-order valence-electron chi connectivity index (χ1n) is 7.90. The van der Waals surface area contributed by atoms with Crippen LogP contribution in [-0.2, 0) is 11.3 Å². The lowest BCUT2D eigenvalue weighted by Gasteiger charge is -2.18. The predicted molar refractivity (Wildman–Crippen MR) is 98.5 cm³/mol. The molecule has 126 valence electrons. The molecule has 0 aliphatic heterocycles. The highest BCUT2D eigenvalue weighted by molar-refractivity contribution is 7.14. The van der Waals surface area contributed by atoms with Crippen molar-refractivity contribution in [1.29, 1.82) is 5.26 Å². The summed E-state index contributed by atoms with van der Waals surface area (Å²) < 4.78 is 0. The van der Waals surface area contributed by atoms with E-state index < -0.39 is 0 Å². The number of thiophene rings is 1. The number of quaternary nitrogens is 1. The highest BCUT2D eigenvalue weighted by Gasteiger charge is 2.15. The second kappa shape index (κ2) is 8.48. The Bertz CT molecular complexity index is 715. The molecule has 1 aromatic carbocycles. The number of carbonyl (C=O) groups is 1. The molecule has 6 heteroatoms. The van der Waals surface area contributed by atoms with Gasteiger partial charge in [0.1, 0.15) is 17.6 Å². The number of anilines is 2. The Morgan fingerprint density at radius 1 is 1.29 bits per heavy atom. The Morgan fingerprint density at radius 2 is 2.00 bits per heavy atom. The molecule has 0 saturated carbocycles. The van der Waals surface area contributed by atoms with Gasteiger partial charge in [-0.2, -0.15) is 5.26 Å². The van der Waals surface area contributed by atoms with Gasteiger partial charge in [0.2, 0.25) is 0 Å². The lowest BCUT2D eigenvalue weighted by Crippen LogP contribution is -3.11. The van der Waals surface area contributed by atoms with Crippen molar-refractivity contribution >= 4 is 27.9 Å². The van der Waals surface area contributed by atoms with Crippen LogP contribution in [0.25, 0.3) is 0 Å². The number of hydrogen-bond acceptors (Lipinski definition) is 4. The molecule has 1 unspecified atom stereocenters. The molecule has 2 N–H and O–H groups in total. The van der Waals surface area contributed by atoms with Gasteiger partial charge in [0.25, 0.3) is 5.91 Å². The Balaban J connectivity index is 1.94. The van der Waals surface area contributed by atoms with E-state index in [9.17, 15) is 4.79 Å². The minimum atomic E-state index is -0.0595. The van der Waals surface area contributed by atoms with Gasteiger partial charge in [0, 0.05) is 25.3 Å². The third-order valence-electron chi connectivity index (χ3n) is 3.86. The summed E-state index contributed by atoms with van der Waals surface area (Å²) in [6, 6.07) is 12.2. The SMILES string of the molecule is CC[NH+](CC(=O)Nc1sccc1C#N)Cc1ccc(N(C)C)cc1. The van der Waals surface area contributed by atoms with Crippen LogP contribution in [0.2, 0.25) is 0 Å². The van der Waals surface area contributed by atoms with Crippen LogP contribution in [0.1, 0.15) is 18.1 Å². The number of nitriles is 1. The largest absolute Gasteiger partial charge is 0.378 e. The molecule has 2 aromatic rings. The van der Waals surface area contributed by atoms with Gasteiger partial charge in [-0.25, -0.2) is 0 Å². The van der Waals surface area contributed by atoms with Crippen molar-refractivity contribution in [1.82, 2.24) is 0 Å². The summed E-state index contributed by atoms with van der Waals surface area (Å²) in [6.07, 6.45) is 0. The molecule has 0 radical (unpaired) electrons. The quantitative estimate of drug-likeness (QED) is 0.805. The van der Waals surface area contributed by atoms with E-state index >= 15 is 0 Å². The third-order valence-corrected chi connectivity index (χ3v) is 4.69. The number of carbonyl (C=O) groups excluding carboxylic acids is 1. The van der Waals surface area contributed by atoms with Gasteiger partial charge in [-0.1, -0.05) is 12.1 Å². The molecule has 24 heavy (non-hydrogen) atoms. The summed E-state index contributed by atoms with van der Waals surface area (Å²) in [6.45, 7) is 4.11. The lowest BCUT2D eigenvalue weighted by molar-refractivity contribution is -0.903. The van der Waals surface area contributed by atoms with Crippen LogP contribution in [0.5, 0.6) is 0 Å². The van der Waals surface area contributed by atoms with E-state index in [1.165, 1.54) is 21.8 Å². The zero-order chi connectivity index (χ0) is 17.5. The second-order valence-corrected chi connectivity index (χ2v) is 6.76. The smallest absolute Gasteiger partial charge is 0.280 e. The first-order valence-corrected chi connectivity index (χ1v) is 8.78. The molecule has 2 rings (SSSR count). The second-order valence-electron chi connectivity index (χ2n) is 5.84. The van der Waals surface area contributed by atoms with E-state index in [1.807, 2.05) is 19.5 Å². The summed E-state index contributed by atoms with van der Waals surface area (Å²) in [4.78, 5) is 15.5. The van der Waals surface area contributed by atoms with Gasteiger partial charge in [-0.3, -0.25) is 4.79 Å². The standard InChI is InChI=1S/C18H22N4OS/c1-4-22(12-14-5-7-16(8-6-14)21(2)3)13-17(23)20-18-15(11-19)9-10-24-18/h5-10H,4,12-13H2,1-3H3,(H,20,23)/p+1. The number of likely N-dealkylation sites (N-methyl/N-ethyl adjacent to an activating group) is 1. The summed E-state index contributed by atoms with van der Waals surface area (Å²) >= 11 is 1.38. The number of hydrogen-bond donors (Lipinski definition) is 2. The van der Waals surface area contributed by atoms with Gasteiger partial charge in [-0.05, 0) is 30.5 Å². The predicted octanol–water partition coefficient (Wildman–Crippen LogP) is 1.73. The van der Waals surface area contributed by atoms with Gasteiger partial charge in [0.15, 0.2) is 6.54 Å². The molecule has 0 fully saturated rings. The first kappa shape index (κ1) is 18.0. The van der Waals surface area contributed by atoms with Gasteiger partial charge in [-0.15, -0.1) is 11.3 Å². The minimum Gasteiger partial charge on any atom is -0.378 e. The van der Waals surface area contributed by atoms with Crippen LogP contribution in [-0.4, -0.2) is 33.1 Å². The summed E-state index contributed by atoms with van der Waals surface area (Å²) in [7, 11) is 4.03. The normalized spacial score (nSPS) is 11.6. The van der Waals surface area contributed by atoms with Crippen LogP contribution in [0.3, 0.4) is 0 Å². The topological polar surface area (TPSA) is 60.6 Å². The molecule has 0 spiro atoms. The van der Waals surface area contributed by atoms with E-state index in [2.05, 4.69) is 47.5 Å². The Hall–Kier alpha value is -2.36. The van der Waals surface area contributed by atoms with Crippen molar-refractivity contribution in [2.75, 3.05) is 37.4 Å². The Kier molecular flexibility index (Phi) is 6.36. The molecule has 0 saturated heterocycles. The average molecular weight is 343 g/mol. The van der Waals surface area contributed by atoms with E-state index in [0.717, 1.165) is 18.8 Å². The molecule has 1 atom stereocenters. The maximum absolute atomic E-state index is 12.2. The van der Waals surface area contributed by atoms with Crippen molar-refractivity contribution in [2.45, 2.75) is 13.5 Å². The van der Waals surface area contributed by atoms with Crippen LogP contribution in [0, 0.1) is 11.3 Å². The average Bonchev–Trinajstić information content (AvgIpc) is 3.01. The van der Waals surface area contributed by atoms with Crippen LogP contribution in [0.4, 0.5) is 10.7 Å². The lowest BCUT2D eigenvalue weighted by atomic mass is 10.2. The maximum atomic E-state index is 12.2. The monoisotopic (exact) mass is 343 g/mol. The number of nitrogens with zero attached hydrogens (tertiary/aromatic N) is 2. The van der Waals surface area contributed by atoms with Gasteiger partial charge < -0.3 is 15.1 Å². The van der Waals surface area contributed by atoms with E-state index in [0.29, 0.717) is 17.1 Å². The van der Waals surface area contributed by atoms with E-state index in [4.69, 9.17) is 5.26 Å². The molecular formula is C18H23N4OS+. The zero-order valence-electron chi connectivity index (χ0n) is 14.3. The zero-order valence-corrected chi connectivity index (χ0v) is 15.1. The molecule has 0 aliphatic carbocycles. The Morgan fingerprint density at radius 3 is 2.58 bits per heavy atom. The fraction of sp³-hybridized carbons (Fsp3) is 0.333. The first-order chi connectivity index (χ1) is 11.5. The Labute approximate surface area is 147 Å². The minimum absolute atomic E-state index is 0.0595. The number of rotatable bonds is 7. The van der Waals surface area contributed by atoms with Crippen molar-refractivity contribution in [3.05, 3.63) is 46.8 Å². The number of nitrogens with one attached hydrogen (secondary N) is 2. The van der Waals surface area contributed by atoms with Crippen LogP contribution < -0.4 is 15.1 Å². The highest BCUT2D eigenvalue weighted by Crippen LogP contribution is 2.21. The number of amides is 1. The molecule has 0 bridgehead atoms. The highest BCUT2D eigenvalue weighted by atomic mass is 32.1. The molecule has 1 aromatic heterocycles. The fourth-order valence-corrected chi connectivity index (χ4v) is 3.16. The van der Waals surface area contributed by atoms with Gasteiger partial charge >= 0.3 is 0 Å². The van der Waals surface area contributed by atoms with Gasteiger partial charge in [0.05, 0.1) is 12.1 Å². The summed E-state index contributed by atoms with van der Waals surface area (Å²) in [5, 5.41) is 14.3. The molecular weight excluding hydrogens is 320 g/mol. The maximum Gasteiger partial charge on any atom is 0.280 e. The molecule has 5 nitrogen and oxygen atoms in total. The van der Waals surface area contributed by atoms with E-state index in [-0.39, 0.29) is 5.91 Å². The van der Waals surface area contributed by atoms with Crippen molar-refractivity contribution in [2.24, 2.45) is 0 Å². The van der Waals surface area contributed by atoms with Crippen molar-refractivity contribution < 1.29 is 9.69 Å². The fourth-order valence-electron chi connectivity index (χ4n) is 2.41. The molecule has 0 aliphatic rings. The van der Waals surface area contributed by atoms with Crippen molar-refractivity contribution in [3.63, 3.8) is 0 Å². The number of benzene rings is 1. The van der Waals surface area contributed by atoms with Crippen LogP contribution in [0.15, 0.2) is 35.7 Å². The van der Waals surface area contributed by atoms with Crippen LogP contribution >= 0.6 is 11.3 Å².